The van der Waals surface area contributed by atoms with Crippen LogP contribution in [0.2, 0.25) is 0 Å². The first-order valence-electron chi connectivity index (χ1n) is 5.72. The molecule has 2 rings (SSSR count). The predicted octanol–water partition coefficient (Wildman–Crippen LogP) is 1.33. The first-order valence-corrected chi connectivity index (χ1v) is 5.72. The van der Waals surface area contributed by atoms with Crippen LogP contribution in [-0.2, 0) is 4.79 Å². The number of carbonyl (C=O) groups is 1. The van der Waals surface area contributed by atoms with E-state index in [0.29, 0.717) is 29.4 Å². The lowest BCUT2D eigenvalue weighted by molar-refractivity contribution is -0.139. The van der Waals surface area contributed by atoms with Gasteiger partial charge in [-0.05, 0) is 17.7 Å². The number of benzene rings is 1. The minimum absolute atomic E-state index is 0.104. The van der Waals surface area contributed by atoms with Crippen LogP contribution in [0.4, 0.5) is 0 Å². The fourth-order valence-electron chi connectivity index (χ4n) is 1.87. The number of rotatable bonds is 6. The summed E-state index contributed by atoms with van der Waals surface area (Å²) in [6, 6.07) is 2.41. The second-order valence-corrected chi connectivity index (χ2v) is 3.93. The van der Waals surface area contributed by atoms with Gasteiger partial charge in [-0.3, -0.25) is 10.1 Å². The van der Waals surface area contributed by atoms with Crippen LogP contribution < -0.4 is 19.5 Å². The molecule has 1 heterocycles. The Labute approximate surface area is 110 Å². The molecule has 0 radical (unpaired) electrons. The Morgan fingerprint density at radius 1 is 1.63 bits per heavy atom. The van der Waals surface area contributed by atoms with Gasteiger partial charge in [-0.15, -0.1) is 6.58 Å². The third kappa shape index (κ3) is 2.63. The molecule has 102 valence electrons. The number of carboxylic acids is 1. The zero-order chi connectivity index (χ0) is 13.8. The van der Waals surface area contributed by atoms with Gasteiger partial charge in [0.15, 0.2) is 11.5 Å². The molecule has 0 aromatic heterocycles. The highest BCUT2D eigenvalue weighted by Gasteiger charge is 2.26. The van der Waals surface area contributed by atoms with E-state index in [1.165, 1.54) is 7.11 Å². The molecule has 0 saturated heterocycles. The Morgan fingerprint density at radius 2 is 2.42 bits per heavy atom. The van der Waals surface area contributed by atoms with Gasteiger partial charge in [-0.25, -0.2) is 0 Å². The maximum absolute atomic E-state index is 11.3. The SMILES string of the molecule is C=CCNC(C(=O)O)c1cc(OC)c2c(c1)OCO2. The summed E-state index contributed by atoms with van der Waals surface area (Å²) in [5, 5.41) is 12.1. The summed E-state index contributed by atoms with van der Waals surface area (Å²) >= 11 is 0. The van der Waals surface area contributed by atoms with Crippen LogP contribution in [0.5, 0.6) is 17.2 Å². The second kappa shape index (κ2) is 5.62. The monoisotopic (exact) mass is 265 g/mol. The number of aliphatic carboxylic acids is 1. The predicted molar refractivity (Wildman–Crippen MR) is 67.7 cm³/mol. The van der Waals surface area contributed by atoms with Crippen LogP contribution in [0, 0.1) is 0 Å². The van der Waals surface area contributed by atoms with Gasteiger partial charge in [0.1, 0.15) is 6.04 Å². The molecular weight excluding hydrogens is 250 g/mol. The van der Waals surface area contributed by atoms with Crippen molar-refractivity contribution in [2.75, 3.05) is 20.4 Å². The average Bonchev–Trinajstić information content (AvgIpc) is 2.86. The van der Waals surface area contributed by atoms with Gasteiger partial charge >= 0.3 is 5.97 Å². The third-order valence-electron chi connectivity index (χ3n) is 2.73. The molecule has 0 saturated carbocycles. The van der Waals surface area contributed by atoms with E-state index in [4.69, 9.17) is 14.2 Å². The molecule has 0 spiro atoms. The van der Waals surface area contributed by atoms with Crippen molar-refractivity contribution >= 4 is 5.97 Å². The number of hydrogen-bond donors (Lipinski definition) is 2. The Kier molecular flexibility index (Phi) is 3.91. The van der Waals surface area contributed by atoms with Crippen molar-refractivity contribution in [1.29, 1.82) is 0 Å². The van der Waals surface area contributed by atoms with Crippen molar-refractivity contribution in [1.82, 2.24) is 5.32 Å². The van der Waals surface area contributed by atoms with Gasteiger partial charge in [0.25, 0.3) is 0 Å². The van der Waals surface area contributed by atoms with Gasteiger partial charge in [0.05, 0.1) is 7.11 Å². The Hall–Kier alpha value is -2.21. The van der Waals surface area contributed by atoms with Crippen molar-refractivity contribution in [2.24, 2.45) is 0 Å². The van der Waals surface area contributed by atoms with Crippen molar-refractivity contribution in [3.63, 3.8) is 0 Å². The molecule has 19 heavy (non-hydrogen) atoms. The number of ether oxygens (including phenoxy) is 3. The summed E-state index contributed by atoms with van der Waals surface area (Å²) in [5.41, 5.74) is 0.537. The Balaban J connectivity index is 2.37. The van der Waals surface area contributed by atoms with Crippen LogP contribution in [-0.4, -0.2) is 31.5 Å². The molecule has 0 fully saturated rings. The Morgan fingerprint density at radius 3 is 3.05 bits per heavy atom. The topological polar surface area (TPSA) is 77.0 Å². The van der Waals surface area contributed by atoms with E-state index in [2.05, 4.69) is 11.9 Å². The van der Waals surface area contributed by atoms with E-state index in [0.717, 1.165) is 0 Å². The van der Waals surface area contributed by atoms with Crippen molar-refractivity contribution in [2.45, 2.75) is 6.04 Å². The molecule has 1 aliphatic rings. The molecular formula is C13H15NO5. The lowest BCUT2D eigenvalue weighted by atomic mass is 10.1. The van der Waals surface area contributed by atoms with Crippen LogP contribution in [0.1, 0.15) is 11.6 Å². The summed E-state index contributed by atoms with van der Waals surface area (Å²) in [7, 11) is 1.49. The van der Waals surface area contributed by atoms with E-state index < -0.39 is 12.0 Å². The van der Waals surface area contributed by atoms with E-state index in [1.54, 1.807) is 18.2 Å². The number of fused-ring (bicyclic) bond motifs is 1. The Bertz CT molecular complexity index is 500. The first kappa shape index (κ1) is 13.2. The van der Waals surface area contributed by atoms with Crippen LogP contribution >= 0.6 is 0 Å². The largest absolute Gasteiger partial charge is 0.493 e. The lowest BCUT2D eigenvalue weighted by Crippen LogP contribution is -2.28. The lowest BCUT2D eigenvalue weighted by Gasteiger charge is -2.15. The van der Waals surface area contributed by atoms with Crippen molar-refractivity contribution in [3.8, 4) is 17.2 Å². The third-order valence-corrected chi connectivity index (χ3v) is 2.73. The van der Waals surface area contributed by atoms with E-state index >= 15 is 0 Å². The minimum atomic E-state index is -0.984. The smallest absolute Gasteiger partial charge is 0.325 e. The number of carboxylic acid groups (broad SMARTS) is 1. The fourth-order valence-corrected chi connectivity index (χ4v) is 1.87. The summed E-state index contributed by atoms with van der Waals surface area (Å²) in [6.45, 7) is 4.04. The molecule has 6 nitrogen and oxygen atoms in total. The molecule has 2 N–H and O–H groups in total. The highest BCUT2D eigenvalue weighted by Crippen LogP contribution is 2.42. The summed E-state index contributed by atoms with van der Waals surface area (Å²) < 4.78 is 15.7. The van der Waals surface area contributed by atoms with Gasteiger partial charge in [0, 0.05) is 6.54 Å². The van der Waals surface area contributed by atoms with Crippen molar-refractivity contribution in [3.05, 3.63) is 30.4 Å². The van der Waals surface area contributed by atoms with Gasteiger partial charge < -0.3 is 19.3 Å². The molecule has 1 aromatic rings. The zero-order valence-electron chi connectivity index (χ0n) is 10.5. The minimum Gasteiger partial charge on any atom is -0.493 e. The van der Waals surface area contributed by atoms with E-state index in [-0.39, 0.29) is 6.79 Å². The summed E-state index contributed by atoms with van der Waals surface area (Å²) in [4.78, 5) is 11.3. The normalized spacial score (nSPS) is 13.9. The summed E-state index contributed by atoms with van der Waals surface area (Å²) in [5.74, 6) is 0.458. The van der Waals surface area contributed by atoms with Gasteiger partial charge in [-0.1, -0.05) is 6.08 Å². The molecule has 0 amide bonds. The van der Waals surface area contributed by atoms with Gasteiger partial charge in [0.2, 0.25) is 12.5 Å². The van der Waals surface area contributed by atoms with E-state index in [9.17, 15) is 9.90 Å². The second-order valence-electron chi connectivity index (χ2n) is 3.93. The zero-order valence-corrected chi connectivity index (χ0v) is 10.5. The van der Waals surface area contributed by atoms with Gasteiger partial charge in [-0.2, -0.15) is 0 Å². The quantitative estimate of drug-likeness (QED) is 0.755. The molecule has 6 heteroatoms. The number of methoxy groups -OCH3 is 1. The summed E-state index contributed by atoms with van der Waals surface area (Å²) in [6.07, 6.45) is 1.60. The number of nitrogens with one attached hydrogen (secondary N) is 1. The average molecular weight is 265 g/mol. The van der Waals surface area contributed by atoms with Crippen LogP contribution in [0.3, 0.4) is 0 Å². The molecule has 1 atom stereocenters. The van der Waals surface area contributed by atoms with Crippen LogP contribution in [0.15, 0.2) is 24.8 Å². The van der Waals surface area contributed by atoms with Crippen molar-refractivity contribution < 1.29 is 24.1 Å². The molecule has 0 aliphatic carbocycles. The number of hydrogen-bond acceptors (Lipinski definition) is 5. The maximum atomic E-state index is 11.3. The van der Waals surface area contributed by atoms with Crippen LogP contribution in [0.25, 0.3) is 0 Å². The fraction of sp³-hybridized carbons (Fsp3) is 0.308. The van der Waals surface area contributed by atoms with E-state index in [1.807, 2.05) is 0 Å². The molecule has 1 aliphatic heterocycles. The molecule has 1 unspecified atom stereocenters. The highest BCUT2D eigenvalue weighted by molar-refractivity contribution is 5.76. The molecule has 0 bridgehead atoms. The highest BCUT2D eigenvalue weighted by atomic mass is 16.7. The maximum Gasteiger partial charge on any atom is 0.325 e. The standard InChI is InChI=1S/C13H15NO5/c1-3-4-14-11(13(15)16)8-5-9(17-2)12-10(6-8)18-7-19-12/h3,5-6,11,14H,1,4,7H2,2H3,(H,15,16). The molecule has 1 aromatic carbocycles. The first-order chi connectivity index (χ1) is 9.17.